The van der Waals surface area contributed by atoms with Crippen LogP contribution >= 0.6 is 11.6 Å². The number of anilines is 1. The van der Waals surface area contributed by atoms with Gasteiger partial charge in [-0.05, 0) is 62.9 Å². The number of ether oxygens (including phenoxy) is 1. The fourth-order valence-electron chi connectivity index (χ4n) is 3.87. The summed E-state index contributed by atoms with van der Waals surface area (Å²) in [6, 6.07) is 9.19. The number of phenolic OH excluding ortho intramolecular Hbond substituents is 1. The lowest BCUT2D eigenvalue weighted by atomic mass is 9.95. The normalized spacial score (nSPS) is 13.6. The molecule has 206 valence electrons. The highest BCUT2D eigenvalue weighted by Crippen LogP contribution is 2.30. The third-order valence-electron chi connectivity index (χ3n) is 6.00. The lowest BCUT2D eigenvalue weighted by Crippen LogP contribution is -2.54. The van der Waals surface area contributed by atoms with E-state index < -0.39 is 35.6 Å². The molecule has 2 rings (SSSR count). The number of carbonyl (C=O) groups is 3. The summed E-state index contributed by atoms with van der Waals surface area (Å²) in [6.07, 6.45) is 1.37. The Balaban J connectivity index is 2.55. The van der Waals surface area contributed by atoms with E-state index in [0.717, 1.165) is 5.56 Å². The molecule has 9 heteroatoms. The molecule has 38 heavy (non-hydrogen) atoms. The van der Waals surface area contributed by atoms with Gasteiger partial charge in [0.25, 0.3) is 5.91 Å². The molecule has 0 saturated heterocycles. The number of phenols is 1. The number of alkyl carbamates (subject to hydrolysis) is 1. The highest BCUT2D eigenvalue weighted by atomic mass is 35.5. The largest absolute Gasteiger partial charge is 0.508 e. The van der Waals surface area contributed by atoms with Crippen molar-refractivity contribution in [3.05, 3.63) is 71.3 Å². The zero-order valence-electron chi connectivity index (χ0n) is 22.9. The number of carbonyl (C=O) groups excluding carboxylic acids is 3. The number of aryl methyl sites for hydroxylation is 1. The first-order chi connectivity index (χ1) is 17.8. The quantitative estimate of drug-likeness (QED) is 0.319. The van der Waals surface area contributed by atoms with Crippen molar-refractivity contribution in [3.63, 3.8) is 0 Å². The number of nitrogens with one attached hydrogen (secondary N) is 2. The Morgan fingerprint density at radius 3 is 2.32 bits per heavy atom. The Kier molecular flexibility index (Phi) is 10.8. The van der Waals surface area contributed by atoms with Crippen LogP contribution in [0.25, 0.3) is 0 Å². The molecule has 0 radical (unpaired) electrons. The van der Waals surface area contributed by atoms with E-state index >= 15 is 0 Å². The fourth-order valence-corrected chi connectivity index (χ4v) is 4.14. The average Bonchev–Trinajstić information content (AvgIpc) is 2.83. The Morgan fingerprint density at radius 2 is 1.79 bits per heavy atom. The summed E-state index contributed by atoms with van der Waals surface area (Å²) in [5.41, 5.74) is 0.885. The molecular weight excluding hydrogens is 506 g/mol. The standard InChI is InChI=1S/C29H38ClN3O5/c1-8-17-33(27(36)24(18(3)9-2)32-28(37)38-29(5,6)7)25(20-13-15-21(34)16-14-20)26(35)31-23-19(4)11-10-12-22(23)30/h8,10-16,18,24-25,34H,1,9,17H2,2-7H3,(H,31,35)(H,32,37). The monoisotopic (exact) mass is 543 g/mol. The zero-order chi connectivity index (χ0) is 28.6. The highest BCUT2D eigenvalue weighted by molar-refractivity contribution is 6.34. The van der Waals surface area contributed by atoms with E-state index in [1.165, 1.54) is 23.1 Å². The Hall–Kier alpha value is -3.52. The number of rotatable bonds is 10. The summed E-state index contributed by atoms with van der Waals surface area (Å²) in [4.78, 5) is 41.9. The molecule has 0 spiro atoms. The summed E-state index contributed by atoms with van der Waals surface area (Å²) in [6.45, 7) is 14.6. The number of hydrogen-bond acceptors (Lipinski definition) is 5. The van der Waals surface area contributed by atoms with Gasteiger partial charge in [-0.25, -0.2) is 4.79 Å². The minimum Gasteiger partial charge on any atom is -0.508 e. The SMILES string of the molecule is C=CCN(C(=O)C(NC(=O)OC(C)(C)C)C(C)CC)C(C(=O)Nc1c(C)cccc1Cl)c1ccc(O)cc1. The molecular formula is C29H38ClN3O5. The maximum atomic E-state index is 14.1. The number of hydrogen-bond donors (Lipinski definition) is 3. The maximum absolute atomic E-state index is 14.1. The predicted molar refractivity (Wildman–Crippen MR) is 150 cm³/mol. The van der Waals surface area contributed by atoms with Gasteiger partial charge in [0, 0.05) is 6.54 Å². The number of amides is 3. The van der Waals surface area contributed by atoms with Gasteiger partial charge < -0.3 is 25.4 Å². The van der Waals surface area contributed by atoms with E-state index in [-0.39, 0.29) is 18.2 Å². The predicted octanol–water partition coefficient (Wildman–Crippen LogP) is 5.99. The molecule has 2 aromatic carbocycles. The van der Waals surface area contributed by atoms with Crippen LogP contribution in [0.3, 0.4) is 0 Å². The van der Waals surface area contributed by atoms with Crippen LogP contribution in [0.2, 0.25) is 5.02 Å². The van der Waals surface area contributed by atoms with E-state index in [4.69, 9.17) is 16.3 Å². The van der Waals surface area contributed by atoms with Crippen molar-refractivity contribution in [1.82, 2.24) is 10.2 Å². The molecule has 2 aromatic rings. The van der Waals surface area contributed by atoms with E-state index in [1.54, 1.807) is 45.0 Å². The smallest absolute Gasteiger partial charge is 0.408 e. The van der Waals surface area contributed by atoms with Gasteiger partial charge in [0.2, 0.25) is 5.91 Å². The van der Waals surface area contributed by atoms with Gasteiger partial charge in [0.15, 0.2) is 0 Å². The highest BCUT2D eigenvalue weighted by Gasteiger charge is 2.38. The van der Waals surface area contributed by atoms with Crippen LogP contribution in [0.1, 0.15) is 58.2 Å². The molecule has 3 amide bonds. The van der Waals surface area contributed by atoms with Crippen LogP contribution in [0.5, 0.6) is 5.75 Å². The van der Waals surface area contributed by atoms with Crippen LogP contribution in [-0.4, -0.2) is 46.1 Å². The summed E-state index contributed by atoms with van der Waals surface area (Å²) in [5.74, 6) is -1.24. The van der Waals surface area contributed by atoms with Gasteiger partial charge in [-0.3, -0.25) is 9.59 Å². The first-order valence-corrected chi connectivity index (χ1v) is 12.9. The van der Waals surface area contributed by atoms with Crippen molar-refractivity contribution in [3.8, 4) is 5.75 Å². The summed E-state index contributed by atoms with van der Waals surface area (Å²) in [5, 5.41) is 15.8. The molecule has 3 unspecified atom stereocenters. The fraction of sp³-hybridized carbons (Fsp3) is 0.414. The number of benzene rings is 2. The van der Waals surface area contributed by atoms with Gasteiger partial charge in [0.1, 0.15) is 23.4 Å². The molecule has 3 atom stereocenters. The number of halogens is 1. The Labute approximate surface area is 230 Å². The van der Waals surface area contributed by atoms with Crippen LogP contribution < -0.4 is 10.6 Å². The van der Waals surface area contributed by atoms with E-state index in [1.807, 2.05) is 26.8 Å². The minimum atomic E-state index is -1.12. The van der Waals surface area contributed by atoms with Crippen LogP contribution in [-0.2, 0) is 14.3 Å². The van der Waals surface area contributed by atoms with Crippen molar-refractivity contribution in [2.45, 2.75) is 65.6 Å². The van der Waals surface area contributed by atoms with Crippen molar-refractivity contribution >= 4 is 35.2 Å². The summed E-state index contributed by atoms with van der Waals surface area (Å²) in [7, 11) is 0. The first kappa shape index (κ1) is 30.7. The Bertz CT molecular complexity index is 1120. The second-order valence-electron chi connectivity index (χ2n) is 10.2. The average molecular weight is 544 g/mol. The molecule has 8 nitrogen and oxygen atoms in total. The second kappa shape index (κ2) is 13.3. The molecule has 0 aliphatic rings. The first-order valence-electron chi connectivity index (χ1n) is 12.5. The van der Waals surface area contributed by atoms with Crippen molar-refractivity contribution in [2.75, 3.05) is 11.9 Å². The second-order valence-corrected chi connectivity index (χ2v) is 10.6. The molecule has 0 aliphatic carbocycles. The maximum Gasteiger partial charge on any atom is 0.408 e. The van der Waals surface area contributed by atoms with Gasteiger partial charge >= 0.3 is 6.09 Å². The zero-order valence-corrected chi connectivity index (χ0v) is 23.6. The van der Waals surface area contributed by atoms with Crippen LogP contribution in [0, 0.1) is 12.8 Å². The van der Waals surface area contributed by atoms with Gasteiger partial charge in [-0.15, -0.1) is 6.58 Å². The van der Waals surface area contributed by atoms with Gasteiger partial charge in [-0.1, -0.05) is 62.2 Å². The third kappa shape index (κ3) is 8.25. The molecule has 0 saturated carbocycles. The molecule has 0 heterocycles. The van der Waals surface area contributed by atoms with Crippen molar-refractivity contribution in [1.29, 1.82) is 0 Å². The Morgan fingerprint density at radius 1 is 1.16 bits per heavy atom. The topological polar surface area (TPSA) is 108 Å². The third-order valence-corrected chi connectivity index (χ3v) is 6.31. The lowest BCUT2D eigenvalue weighted by Gasteiger charge is -2.35. The van der Waals surface area contributed by atoms with Gasteiger partial charge in [-0.2, -0.15) is 0 Å². The molecule has 3 N–H and O–H groups in total. The molecule has 0 bridgehead atoms. The van der Waals surface area contributed by atoms with Crippen LogP contribution in [0.4, 0.5) is 10.5 Å². The summed E-state index contributed by atoms with van der Waals surface area (Å²) < 4.78 is 5.40. The number of para-hydroxylation sites is 1. The minimum absolute atomic E-state index is 0.0144. The van der Waals surface area contributed by atoms with Gasteiger partial charge in [0.05, 0.1) is 10.7 Å². The number of aromatic hydroxyl groups is 1. The van der Waals surface area contributed by atoms with Crippen LogP contribution in [0.15, 0.2) is 55.1 Å². The van der Waals surface area contributed by atoms with Crippen molar-refractivity contribution < 1.29 is 24.2 Å². The van der Waals surface area contributed by atoms with E-state index in [2.05, 4.69) is 17.2 Å². The summed E-state index contributed by atoms with van der Waals surface area (Å²) >= 11 is 6.36. The molecule has 0 aliphatic heterocycles. The molecule has 0 fully saturated rings. The molecule has 0 aromatic heterocycles. The van der Waals surface area contributed by atoms with Crippen molar-refractivity contribution in [2.24, 2.45) is 5.92 Å². The number of nitrogens with zero attached hydrogens (tertiary/aromatic N) is 1. The van der Waals surface area contributed by atoms with E-state index in [9.17, 15) is 19.5 Å². The lowest BCUT2D eigenvalue weighted by molar-refractivity contribution is -0.141. The van der Waals surface area contributed by atoms with E-state index in [0.29, 0.717) is 22.7 Å².